The average Bonchev–Trinajstić information content (AvgIpc) is 2.94. The molecule has 0 aromatic carbocycles. The molecule has 7 nitrogen and oxygen atoms in total. The molecule has 39 heavy (non-hydrogen) atoms. The maximum atomic E-state index is 11.9. The molecule has 0 heterocycles. The Hall–Kier alpha value is -1.18. The molecular formula is C32H65N3O4. The SMILES string of the molecule is CCCCC(CC)COC(=O)CCNCCCCCNCCCCCNCCC(=O)OCC(CC)CCCC. The molecule has 0 saturated heterocycles. The molecule has 0 aliphatic heterocycles. The topological polar surface area (TPSA) is 88.7 Å². The third-order valence-electron chi connectivity index (χ3n) is 7.47. The zero-order chi connectivity index (χ0) is 28.8. The number of hydrogen-bond acceptors (Lipinski definition) is 7. The first-order chi connectivity index (χ1) is 19.1. The molecule has 0 spiro atoms. The Morgan fingerprint density at radius 2 is 0.872 bits per heavy atom. The molecule has 232 valence electrons. The number of carbonyl (C=O) groups is 2. The molecule has 0 aromatic heterocycles. The van der Waals surface area contributed by atoms with Gasteiger partial charge in [-0.3, -0.25) is 9.59 Å². The van der Waals surface area contributed by atoms with Crippen LogP contribution in [0.5, 0.6) is 0 Å². The number of hydrogen-bond donors (Lipinski definition) is 3. The van der Waals surface area contributed by atoms with Gasteiger partial charge < -0.3 is 25.4 Å². The van der Waals surface area contributed by atoms with E-state index in [1.807, 2.05) is 0 Å². The molecule has 0 amide bonds. The minimum Gasteiger partial charge on any atom is -0.465 e. The van der Waals surface area contributed by atoms with Crippen LogP contribution < -0.4 is 16.0 Å². The van der Waals surface area contributed by atoms with Crippen LogP contribution in [0.4, 0.5) is 0 Å². The molecule has 7 heteroatoms. The van der Waals surface area contributed by atoms with E-state index in [1.165, 1.54) is 51.4 Å². The summed E-state index contributed by atoms with van der Waals surface area (Å²) in [4.78, 5) is 23.8. The summed E-state index contributed by atoms with van der Waals surface area (Å²) in [5.41, 5.74) is 0. The standard InChI is InChI=1S/C32H65N3O4/c1-5-9-17-29(7-3)27-38-31(36)19-25-34-23-15-11-13-21-33-22-14-12-16-24-35-26-20-32(37)39-28-30(8-4)18-10-6-2/h29-30,33-35H,5-28H2,1-4H3. The Kier molecular flexibility index (Phi) is 28.9. The van der Waals surface area contributed by atoms with Crippen molar-refractivity contribution in [2.75, 3.05) is 52.5 Å². The lowest BCUT2D eigenvalue weighted by Crippen LogP contribution is -2.22. The fraction of sp³-hybridized carbons (Fsp3) is 0.938. The van der Waals surface area contributed by atoms with Crippen LogP contribution in [0.2, 0.25) is 0 Å². The Morgan fingerprint density at radius 1 is 0.513 bits per heavy atom. The van der Waals surface area contributed by atoms with Crippen LogP contribution in [0, 0.1) is 11.8 Å². The molecule has 0 radical (unpaired) electrons. The minimum absolute atomic E-state index is 0.0734. The van der Waals surface area contributed by atoms with E-state index in [1.54, 1.807) is 0 Å². The quantitative estimate of drug-likeness (QED) is 0.0698. The van der Waals surface area contributed by atoms with E-state index < -0.39 is 0 Å². The molecule has 0 aliphatic rings. The number of nitrogens with one attached hydrogen (secondary N) is 3. The summed E-state index contributed by atoms with van der Waals surface area (Å²) in [7, 11) is 0. The lowest BCUT2D eigenvalue weighted by molar-refractivity contribution is -0.146. The van der Waals surface area contributed by atoms with Crippen LogP contribution in [0.1, 0.15) is 130 Å². The van der Waals surface area contributed by atoms with Crippen LogP contribution in [-0.4, -0.2) is 64.4 Å². The third kappa shape index (κ3) is 26.8. The molecule has 0 bridgehead atoms. The maximum absolute atomic E-state index is 11.9. The summed E-state index contributed by atoms with van der Waals surface area (Å²) in [6, 6.07) is 0. The van der Waals surface area contributed by atoms with Crippen molar-refractivity contribution in [1.29, 1.82) is 0 Å². The molecule has 0 aliphatic carbocycles. The molecule has 0 fully saturated rings. The molecular weight excluding hydrogens is 490 g/mol. The Morgan fingerprint density at radius 3 is 1.21 bits per heavy atom. The van der Waals surface area contributed by atoms with Crippen molar-refractivity contribution in [3.63, 3.8) is 0 Å². The van der Waals surface area contributed by atoms with Gasteiger partial charge in [-0.1, -0.05) is 79.1 Å². The number of unbranched alkanes of at least 4 members (excludes halogenated alkanes) is 6. The first kappa shape index (κ1) is 37.8. The van der Waals surface area contributed by atoms with Gasteiger partial charge in [-0.05, 0) is 76.5 Å². The van der Waals surface area contributed by atoms with Gasteiger partial charge in [0, 0.05) is 13.1 Å². The van der Waals surface area contributed by atoms with Crippen LogP contribution in [0.25, 0.3) is 0 Å². The fourth-order valence-corrected chi connectivity index (χ4v) is 4.47. The summed E-state index contributed by atoms with van der Waals surface area (Å²) >= 11 is 0. The summed E-state index contributed by atoms with van der Waals surface area (Å²) in [5, 5.41) is 10.3. The minimum atomic E-state index is -0.0734. The molecule has 0 aromatic rings. The Bertz CT molecular complexity index is 502. The molecule has 2 unspecified atom stereocenters. The summed E-state index contributed by atoms with van der Waals surface area (Å²) in [6.45, 7) is 15.4. The number of esters is 2. The second kappa shape index (κ2) is 29.8. The second-order valence-corrected chi connectivity index (χ2v) is 11.1. The van der Waals surface area contributed by atoms with Gasteiger partial charge in [-0.25, -0.2) is 0 Å². The van der Waals surface area contributed by atoms with Crippen molar-refractivity contribution >= 4 is 11.9 Å². The summed E-state index contributed by atoms with van der Waals surface area (Å²) < 4.78 is 10.9. The smallest absolute Gasteiger partial charge is 0.307 e. The van der Waals surface area contributed by atoms with Crippen molar-refractivity contribution in [2.24, 2.45) is 11.8 Å². The normalized spacial score (nSPS) is 12.8. The lowest BCUT2D eigenvalue weighted by atomic mass is 10.0. The average molecular weight is 556 g/mol. The van der Waals surface area contributed by atoms with E-state index in [0.717, 1.165) is 64.7 Å². The molecule has 3 N–H and O–H groups in total. The van der Waals surface area contributed by atoms with Crippen LogP contribution >= 0.6 is 0 Å². The predicted molar refractivity (Wildman–Crippen MR) is 164 cm³/mol. The van der Waals surface area contributed by atoms with Crippen molar-refractivity contribution in [3.8, 4) is 0 Å². The van der Waals surface area contributed by atoms with Crippen LogP contribution in [-0.2, 0) is 19.1 Å². The van der Waals surface area contributed by atoms with Crippen LogP contribution in [0.3, 0.4) is 0 Å². The van der Waals surface area contributed by atoms with E-state index in [-0.39, 0.29) is 11.9 Å². The third-order valence-corrected chi connectivity index (χ3v) is 7.47. The van der Waals surface area contributed by atoms with Crippen molar-refractivity contribution in [1.82, 2.24) is 16.0 Å². The Labute approximate surface area is 241 Å². The number of carbonyl (C=O) groups excluding carboxylic acids is 2. The molecule has 0 rings (SSSR count). The van der Waals surface area contributed by atoms with Gasteiger partial charge in [0.25, 0.3) is 0 Å². The molecule has 2 atom stereocenters. The van der Waals surface area contributed by atoms with Crippen molar-refractivity contribution < 1.29 is 19.1 Å². The van der Waals surface area contributed by atoms with E-state index in [9.17, 15) is 9.59 Å². The zero-order valence-electron chi connectivity index (χ0n) is 26.3. The number of ether oxygens (including phenoxy) is 2. The summed E-state index contributed by atoms with van der Waals surface area (Å²) in [5.74, 6) is 0.881. The van der Waals surface area contributed by atoms with Crippen molar-refractivity contribution in [2.45, 2.75) is 130 Å². The Balaban J connectivity index is 3.35. The van der Waals surface area contributed by atoms with E-state index in [4.69, 9.17) is 9.47 Å². The van der Waals surface area contributed by atoms with E-state index >= 15 is 0 Å². The van der Waals surface area contributed by atoms with E-state index in [2.05, 4.69) is 43.6 Å². The van der Waals surface area contributed by atoms with Gasteiger partial charge in [-0.2, -0.15) is 0 Å². The van der Waals surface area contributed by atoms with Crippen molar-refractivity contribution in [3.05, 3.63) is 0 Å². The second-order valence-electron chi connectivity index (χ2n) is 11.1. The lowest BCUT2D eigenvalue weighted by Gasteiger charge is -2.14. The predicted octanol–water partition coefficient (Wildman–Crippen LogP) is 6.40. The highest BCUT2D eigenvalue weighted by Crippen LogP contribution is 2.14. The highest BCUT2D eigenvalue weighted by Gasteiger charge is 2.10. The fourth-order valence-electron chi connectivity index (χ4n) is 4.47. The summed E-state index contributed by atoms with van der Waals surface area (Å²) in [6.07, 6.45) is 17.3. The first-order valence-corrected chi connectivity index (χ1v) is 16.5. The maximum Gasteiger partial charge on any atom is 0.307 e. The monoisotopic (exact) mass is 555 g/mol. The van der Waals surface area contributed by atoms with E-state index in [0.29, 0.717) is 51.0 Å². The van der Waals surface area contributed by atoms with Gasteiger partial charge in [-0.15, -0.1) is 0 Å². The largest absolute Gasteiger partial charge is 0.465 e. The highest BCUT2D eigenvalue weighted by molar-refractivity contribution is 5.69. The van der Waals surface area contributed by atoms with Gasteiger partial charge in [0.2, 0.25) is 0 Å². The zero-order valence-corrected chi connectivity index (χ0v) is 26.3. The molecule has 0 saturated carbocycles. The van der Waals surface area contributed by atoms with Gasteiger partial charge in [0.05, 0.1) is 26.1 Å². The van der Waals surface area contributed by atoms with Gasteiger partial charge in [0.15, 0.2) is 0 Å². The van der Waals surface area contributed by atoms with Gasteiger partial charge in [0.1, 0.15) is 0 Å². The first-order valence-electron chi connectivity index (χ1n) is 16.5. The van der Waals surface area contributed by atoms with Gasteiger partial charge >= 0.3 is 11.9 Å². The highest BCUT2D eigenvalue weighted by atomic mass is 16.5. The van der Waals surface area contributed by atoms with Crippen LogP contribution in [0.15, 0.2) is 0 Å². The number of rotatable bonds is 30.